The molecule has 1 N–H and O–H groups in total. The summed E-state index contributed by atoms with van der Waals surface area (Å²) in [5.74, 6) is 0.577. The van der Waals surface area contributed by atoms with Crippen molar-refractivity contribution in [1.82, 2.24) is 4.90 Å². The van der Waals surface area contributed by atoms with Crippen molar-refractivity contribution in [2.24, 2.45) is 11.3 Å². The predicted octanol–water partition coefficient (Wildman–Crippen LogP) is 2.38. The molecule has 1 aliphatic carbocycles. The van der Waals surface area contributed by atoms with Gasteiger partial charge in [-0.3, -0.25) is 9.69 Å². The molecule has 1 heterocycles. The normalized spacial score (nSPS) is 29.4. The predicted molar refractivity (Wildman–Crippen MR) is 75.7 cm³/mol. The monoisotopic (exact) mass is 275 g/mol. The molecule has 2 fully saturated rings. The molecule has 4 heteroatoms. The van der Waals surface area contributed by atoms with Crippen molar-refractivity contribution in [3.05, 3.63) is 29.8 Å². The van der Waals surface area contributed by atoms with E-state index in [9.17, 15) is 9.90 Å². The number of carboxylic acid groups (broad SMARTS) is 1. The maximum Gasteiger partial charge on any atom is 0.311 e. The Labute approximate surface area is 119 Å². The van der Waals surface area contributed by atoms with Crippen LogP contribution in [0.15, 0.2) is 24.3 Å². The van der Waals surface area contributed by atoms with Gasteiger partial charge in [-0.2, -0.15) is 0 Å². The van der Waals surface area contributed by atoms with Crippen LogP contribution in [-0.4, -0.2) is 36.2 Å². The molecule has 20 heavy (non-hydrogen) atoms. The van der Waals surface area contributed by atoms with Crippen molar-refractivity contribution in [3.8, 4) is 5.75 Å². The summed E-state index contributed by atoms with van der Waals surface area (Å²) in [6, 6.07) is 8.02. The Balaban J connectivity index is 1.72. The Kier molecular flexibility index (Phi) is 3.42. The molecule has 3 rings (SSSR count). The lowest BCUT2D eigenvalue weighted by Crippen LogP contribution is -2.35. The topological polar surface area (TPSA) is 49.8 Å². The van der Waals surface area contributed by atoms with Gasteiger partial charge in [0.1, 0.15) is 5.75 Å². The number of fused-ring (bicyclic) bond motifs is 1. The van der Waals surface area contributed by atoms with E-state index in [1.165, 1.54) is 5.56 Å². The van der Waals surface area contributed by atoms with E-state index in [1.54, 1.807) is 7.11 Å². The molecule has 2 aliphatic rings. The van der Waals surface area contributed by atoms with E-state index in [1.807, 2.05) is 18.2 Å². The van der Waals surface area contributed by atoms with Crippen LogP contribution in [0.5, 0.6) is 5.75 Å². The van der Waals surface area contributed by atoms with Crippen LogP contribution in [0.25, 0.3) is 0 Å². The van der Waals surface area contributed by atoms with Gasteiger partial charge in [0.25, 0.3) is 0 Å². The van der Waals surface area contributed by atoms with E-state index in [-0.39, 0.29) is 0 Å². The van der Waals surface area contributed by atoms with E-state index in [0.717, 1.165) is 38.1 Å². The van der Waals surface area contributed by atoms with Crippen molar-refractivity contribution < 1.29 is 14.6 Å². The maximum absolute atomic E-state index is 11.7. The van der Waals surface area contributed by atoms with Crippen molar-refractivity contribution >= 4 is 5.97 Å². The van der Waals surface area contributed by atoms with Gasteiger partial charge >= 0.3 is 5.97 Å². The molecule has 2 atom stereocenters. The van der Waals surface area contributed by atoms with Gasteiger partial charge in [-0.05, 0) is 36.5 Å². The number of aliphatic carboxylic acids is 1. The molecule has 108 valence electrons. The van der Waals surface area contributed by atoms with Gasteiger partial charge in [0.15, 0.2) is 0 Å². The number of hydrogen-bond donors (Lipinski definition) is 1. The minimum Gasteiger partial charge on any atom is -0.497 e. The van der Waals surface area contributed by atoms with Crippen LogP contribution in [0.1, 0.15) is 24.8 Å². The van der Waals surface area contributed by atoms with Gasteiger partial charge in [-0.1, -0.05) is 18.6 Å². The fourth-order valence-corrected chi connectivity index (χ4v) is 3.89. The molecule has 1 saturated heterocycles. The first kappa shape index (κ1) is 13.4. The van der Waals surface area contributed by atoms with Crippen LogP contribution in [0, 0.1) is 11.3 Å². The standard InChI is InChI=1S/C16H21NO3/c1-20-14-6-2-4-12(8-14)9-17-10-13-5-3-7-16(13,11-17)15(18)19/h2,4,6,8,13H,3,5,7,9-11H2,1H3,(H,18,19)/t13-,16+/m0/s1. The smallest absolute Gasteiger partial charge is 0.311 e. The lowest BCUT2D eigenvalue weighted by Gasteiger charge is -2.23. The second-order valence-corrected chi connectivity index (χ2v) is 6.07. The van der Waals surface area contributed by atoms with Crippen LogP contribution in [0.4, 0.5) is 0 Å². The number of likely N-dealkylation sites (tertiary alicyclic amines) is 1. The van der Waals surface area contributed by atoms with Gasteiger partial charge in [0, 0.05) is 19.6 Å². The van der Waals surface area contributed by atoms with Crippen LogP contribution in [-0.2, 0) is 11.3 Å². The summed E-state index contributed by atoms with van der Waals surface area (Å²) >= 11 is 0. The third-order valence-corrected chi connectivity index (χ3v) is 4.91. The Morgan fingerprint density at radius 2 is 2.40 bits per heavy atom. The van der Waals surface area contributed by atoms with E-state index in [0.29, 0.717) is 12.5 Å². The van der Waals surface area contributed by atoms with Gasteiger partial charge in [0.05, 0.1) is 12.5 Å². The number of carboxylic acids is 1. The minimum atomic E-state index is -0.604. The summed E-state index contributed by atoms with van der Waals surface area (Å²) in [5, 5.41) is 9.59. The molecule has 0 bridgehead atoms. The van der Waals surface area contributed by atoms with Crippen LogP contribution >= 0.6 is 0 Å². The number of hydrogen-bond acceptors (Lipinski definition) is 3. The molecule has 0 spiro atoms. The number of methoxy groups -OCH3 is 1. The van der Waals surface area contributed by atoms with Crippen LogP contribution in [0.3, 0.4) is 0 Å². The molecular weight excluding hydrogens is 254 g/mol. The second kappa shape index (κ2) is 5.09. The average molecular weight is 275 g/mol. The van der Waals surface area contributed by atoms with Gasteiger partial charge in [0.2, 0.25) is 0 Å². The fourth-order valence-electron chi connectivity index (χ4n) is 3.89. The zero-order valence-corrected chi connectivity index (χ0v) is 11.8. The molecule has 1 saturated carbocycles. The summed E-state index contributed by atoms with van der Waals surface area (Å²) in [4.78, 5) is 13.9. The Morgan fingerprint density at radius 3 is 3.10 bits per heavy atom. The lowest BCUT2D eigenvalue weighted by molar-refractivity contribution is -0.149. The SMILES string of the molecule is COc1cccc(CN2C[C@@H]3CCC[C@@]3(C(=O)O)C2)c1. The van der Waals surface area contributed by atoms with Gasteiger partial charge in [-0.25, -0.2) is 0 Å². The number of carbonyl (C=O) groups is 1. The Morgan fingerprint density at radius 1 is 1.55 bits per heavy atom. The number of rotatable bonds is 4. The minimum absolute atomic E-state index is 0.325. The van der Waals surface area contributed by atoms with Crippen molar-refractivity contribution in [2.75, 3.05) is 20.2 Å². The largest absolute Gasteiger partial charge is 0.497 e. The highest BCUT2D eigenvalue weighted by atomic mass is 16.5. The van der Waals surface area contributed by atoms with Gasteiger partial charge in [-0.15, -0.1) is 0 Å². The van der Waals surface area contributed by atoms with Crippen LogP contribution < -0.4 is 4.74 Å². The highest BCUT2D eigenvalue weighted by Gasteiger charge is 2.54. The zero-order chi connectivity index (χ0) is 14.2. The maximum atomic E-state index is 11.7. The van der Waals surface area contributed by atoms with E-state index < -0.39 is 11.4 Å². The van der Waals surface area contributed by atoms with Crippen molar-refractivity contribution in [2.45, 2.75) is 25.8 Å². The van der Waals surface area contributed by atoms with Crippen molar-refractivity contribution in [3.63, 3.8) is 0 Å². The molecular formula is C16H21NO3. The van der Waals surface area contributed by atoms with E-state index in [4.69, 9.17) is 4.74 Å². The lowest BCUT2D eigenvalue weighted by atomic mass is 9.81. The first-order valence-corrected chi connectivity index (χ1v) is 7.23. The average Bonchev–Trinajstić information content (AvgIpc) is 2.96. The molecule has 0 radical (unpaired) electrons. The van der Waals surface area contributed by atoms with E-state index >= 15 is 0 Å². The fraction of sp³-hybridized carbons (Fsp3) is 0.562. The molecule has 1 aromatic rings. The first-order chi connectivity index (χ1) is 9.64. The number of nitrogens with zero attached hydrogens (tertiary/aromatic N) is 1. The summed E-state index contributed by atoms with van der Waals surface area (Å²) < 4.78 is 5.24. The number of benzene rings is 1. The first-order valence-electron chi connectivity index (χ1n) is 7.23. The quantitative estimate of drug-likeness (QED) is 0.916. The molecule has 0 aromatic heterocycles. The molecule has 4 nitrogen and oxygen atoms in total. The Hall–Kier alpha value is -1.55. The third kappa shape index (κ3) is 2.18. The highest BCUT2D eigenvalue weighted by molar-refractivity contribution is 5.76. The molecule has 0 amide bonds. The summed E-state index contributed by atoms with van der Waals surface area (Å²) in [7, 11) is 1.67. The molecule has 1 aliphatic heterocycles. The van der Waals surface area contributed by atoms with Crippen LogP contribution in [0.2, 0.25) is 0 Å². The summed E-state index contributed by atoms with van der Waals surface area (Å²) in [6.45, 7) is 2.40. The number of ether oxygens (including phenoxy) is 1. The van der Waals surface area contributed by atoms with Gasteiger partial charge < -0.3 is 9.84 Å². The van der Waals surface area contributed by atoms with Crippen molar-refractivity contribution in [1.29, 1.82) is 0 Å². The summed E-state index contributed by atoms with van der Waals surface area (Å²) in [6.07, 6.45) is 2.95. The second-order valence-electron chi connectivity index (χ2n) is 6.07. The summed E-state index contributed by atoms with van der Waals surface area (Å²) in [5.41, 5.74) is 0.698. The highest BCUT2D eigenvalue weighted by Crippen LogP contribution is 2.49. The molecule has 0 unspecified atom stereocenters. The van der Waals surface area contributed by atoms with E-state index in [2.05, 4.69) is 11.0 Å². The third-order valence-electron chi connectivity index (χ3n) is 4.91. The molecule has 1 aromatic carbocycles. The Bertz CT molecular complexity index is 516. The zero-order valence-electron chi connectivity index (χ0n) is 11.8.